The molecular weight excluding hydrogens is 230 g/mol. The summed E-state index contributed by atoms with van der Waals surface area (Å²) in [6, 6.07) is 0. The molecule has 1 atom stereocenters. The van der Waals surface area contributed by atoms with Crippen LogP contribution < -0.4 is 5.32 Å². The van der Waals surface area contributed by atoms with Crippen LogP contribution in [-0.4, -0.2) is 24.5 Å². The van der Waals surface area contributed by atoms with E-state index >= 15 is 0 Å². The molecule has 18 heavy (non-hydrogen) atoms. The van der Waals surface area contributed by atoms with E-state index in [0.29, 0.717) is 12.5 Å². The summed E-state index contributed by atoms with van der Waals surface area (Å²) in [4.78, 5) is 23.0. The molecule has 104 valence electrons. The fourth-order valence-corrected chi connectivity index (χ4v) is 2.10. The molecule has 0 heterocycles. The molecular formula is C14H25NO3. The van der Waals surface area contributed by atoms with E-state index < -0.39 is 0 Å². The maximum atomic E-state index is 11.5. The summed E-state index contributed by atoms with van der Waals surface area (Å²) >= 11 is 0. The van der Waals surface area contributed by atoms with Crippen molar-refractivity contribution in [2.24, 2.45) is 11.8 Å². The number of ether oxygens (including phenoxy) is 1. The second kappa shape index (κ2) is 7.39. The Bertz CT molecular complexity index is 285. The molecule has 0 bridgehead atoms. The molecule has 1 N–H and O–H groups in total. The Morgan fingerprint density at radius 2 is 1.94 bits per heavy atom. The highest BCUT2D eigenvalue weighted by Gasteiger charge is 2.24. The molecule has 1 aliphatic carbocycles. The van der Waals surface area contributed by atoms with Gasteiger partial charge in [0.05, 0.1) is 12.5 Å². The van der Waals surface area contributed by atoms with Crippen LogP contribution in [0, 0.1) is 11.8 Å². The lowest BCUT2D eigenvalue weighted by atomic mass is 9.85. The van der Waals surface area contributed by atoms with Crippen molar-refractivity contribution in [1.82, 2.24) is 5.32 Å². The highest BCUT2D eigenvalue weighted by molar-refractivity contribution is 5.80. The number of nitrogens with one attached hydrogen (secondary N) is 1. The number of hydrogen-bond donors (Lipinski definition) is 1. The standard InChI is InChI=1S/C14H25NO3/c1-10(2)9-11(3)18-13(16)7-8-15-14(17)12-5-4-6-12/h10-12H,4-9H2,1-3H3,(H,15,17)/t11-/m1/s1. The molecule has 1 amide bonds. The minimum Gasteiger partial charge on any atom is -0.463 e. The third-order valence-corrected chi connectivity index (χ3v) is 3.24. The highest BCUT2D eigenvalue weighted by atomic mass is 16.5. The number of esters is 1. The van der Waals surface area contributed by atoms with Crippen molar-refractivity contribution in [2.75, 3.05) is 6.54 Å². The van der Waals surface area contributed by atoms with E-state index in [2.05, 4.69) is 19.2 Å². The second-order valence-electron chi connectivity index (χ2n) is 5.60. The molecule has 0 saturated heterocycles. The summed E-state index contributed by atoms with van der Waals surface area (Å²) in [5.74, 6) is 0.563. The van der Waals surface area contributed by atoms with Crippen molar-refractivity contribution in [3.05, 3.63) is 0 Å². The van der Waals surface area contributed by atoms with Gasteiger partial charge in [0.15, 0.2) is 0 Å². The van der Waals surface area contributed by atoms with Gasteiger partial charge in [-0.2, -0.15) is 0 Å². The normalized spacial score (nSPS) is 17.1. The first-order chi connectivity index (χ1) is 8.49. The summed E-state index contributed by atoms with van der Waals surface area (Å²) < 4.78 is 5.25. The molecule has 0 aliphatic heterocycles. The number of amides is 1. The Morgan fingerprint density at radius 1 is 1.28 bits per heavy atom. The van der Waals surface area contributed by atoms with E-state index in [4.69, 9.17) is 4.74 Å². The molecule has 0 radical (unpaired) electrons. The van der Waals surface area contributed by atoms with Crippen LogP contribution in [-0.2, 0) is 14.3 Å². The number of hydrogen-bond acceptors (Lipinski definition) is 3. The monoisotopic (exact) mass is 255 g/mol. The Hall–Kier alpha value is -1.06. The first kappa shape index (κ1) is 15.0. The van der Waals surface area contributed by atoms with E-state index in [0.717, 1.165) is 25.7 Å². The second-order valence-corrected chi connectivity index (χ2v) is 5.60. The molecule has 0 aromatic carbocycles. The topological polar surface area (TPSA) is 55.4 Å². The zero-order valence-corrected chi connectivity index (χ0v) is 11.7. The molecule has 0 aromatic heterocycles. The van der Waals surface area contributed by atoms with Crippen LogP contribution in [0.15, 0.2) is 0 Å². The number of carbonyl (C=O) groups excluding carboxylic acids is 2. The molecule has 0 unspecified atom stereocenters. The van der Waals surface area contributed by atoms with Gasteiger partial charge in [-0.25, -0.2) is 0 Å². The minimum atomic E-state index is -0.225. The summed E-state index contributed by atoms with van der Waals surface area (Å²) in [7, 11) is 0. The SMILES string of the molecule is CC(C)C[C@@H](C)OC(=O)CCNC(=O)C1CCC1. The Morgan fingerprint density at radius 3 is 2.44 bits per heavy atom. The van der Waals surface area contributed by atoms with Crippen LogP contribution in [0.3, 0.4) is 0 Å². The van der Waals surface area contributed by atoms with Crippen LogP contribution in [0.4, 0.5) is 0 Å². The maximum Gasteiger partial charge on any atom is 0.307 e. The Kier molecular flexibility index (Phi) is 6.16. The van der Waals surface area contributed by atoms with Crippen LogP contribution in [0.1, 0.15) is 52.9 Å². The lowest BCUT2D eigenvalue weighted by Gasteiger charge is -2.24. The van der Waals surface area contributed by atoms with Gasteiger partial charge in [0.2, 0.25) is 5.91 Å². The summed E-state index contributed by atoms with van der Waals surface area (Å²) in [6.45, 7) is 6.50. The van der Waals surface area contributed by atoms with Crippen molar-refractivity contribution in [2.45, 2.75) is 59.0 Å². The van der Waals surface area contributed by atoms with Gasteiger partial charge in [-0.1, -0.05) is 20.3 Å². The quantitative estimate of drug-likeness (QED) is 0.710. The third kappa shape index (κ3) is 5.52. The van der Waals surface area contributed by atoms with Gasteiger partial charge in [0.1, 0.15) is 0 Å². The van der Waals surface area contributed by atoms with Crippen molar-refractivity contribution < 1.29 is 14.3 Å². The fourth-order valence-electron chi connectivity index (χ4n) is 2.10. The van der Waals surface area contributed by atoms with Crippen molar-refractivity contribution in [1.29, 1.82) is 0 Å². The van der Waals surface area contributed by atoms with E-state index in [1.165, 1.54) is 0 Å². The van der Waals surface area contributed by atoms with Crippen LogP contribution in [0.5, 0.6) is 0 Å². The largest absolute Gasteiger partial charge is 0.463 e. The predicted molar refractivity (Wildman–Crippen MR) is 70.0 cm³/mol. The summed E-state index contributed by atoms with van der Waals surface area (Å²) in [5, 5.41) is 2.79. The molecule has 1 fully saturated rings. The maximum absolute atomic E-state index is 11.5. The number of carbonyl (C=O) groups is 2. The first-order valence-electron chi connectivity index (χ1n) is 6.96. The average molecular weight is 255 g/mol. The van der Waals surface area contributed by atoms with Gasteiger partial charge in [-0.3, -0.25) is 9.59 Å². The smallest absolute Gasteiger partial charge is 0.307 e. The van der Waals surface area contributed by atoms with Crippen LogP contribution >= 0.6 is 0 Å². The van der Waals surface area contributed by atoms with Gasteiger partial charge in [-0.05, 0) is 32.1 Å². The van der Waals surface area contributed by atoms with Gasteiger partial charge in [-0.15, -0.1) is 0 Å². The summed E-state index contributed by atoms with van der Waals surface area (Å²) in [5.41, 5.74) is 0. The van der Waals surface area contributed by atoms with Crippen LogP contribution in [0.2, 0.25) is 0 Å². The fraction of sp³-hybridized carbons (Fsp3) is 0.857. The average Bonchev–Trinajstić information content (AvgIpc) is 2.12. The van der Waals surface area contributed by atoms with E-state index in [1.807, 2.05) is 6.92 Å². The van der Waals surface area contributed by atoms with Crippen LogP contribution in [0.25, 0.3) is 0 Å². The van der Waals surface area contributed by atoms with Crippen molar-refractivity contribution >= 4 is 11.9 Å². The first-order valence-corrected chi connectivity index (χ1v) is 6.96. The van der Waals surface area contributed by atoms with Gasteiger partial charge >= 0.3 is 5.97 Å². The lowest BCUT2D eigenvalue weighted by Crippen LogP contribution is -2.35. The molecule has 1 rings (SSSR count). The highest BCUT2D eigenvalue weighted by Crippen LogP contribution is 2.26. The summed E-state index contributed by atoms with van der Waals surface area (Å²) in [6.07, 6.45) is 4.22. The van der Waals surface area contributed by atoms with Gasteiger partial charge in [0, 0.05) is 12.5 Å². The molecule has 4 nitrogen and oxygen atoms in total. The van der Waals surface area contributed by atoms with Gasteiger partial charge in [0.25, 0.3) is 0 Å². The Balaban J connectivity index is 2.07. The molecule has 4 heteroatoms. The zero-order valence-electron chi connectivity index (χ0n) is 11.7. The number of rotatable bonds is 7. The zero-order chi connectivity index (χ0) is 13.5. The molecule has 1 aliphatic rings. The van der Waals surface area contributed by atoms with E-state index in [-0.39, 0.29) is 30.3 Å². The van der Waals surface area contributed by atoms with E-state index in [1.54, 1.807) is 0 Å². The van der Waals surface area contributed by atoms with Gasteiger partial charge < -0.3 is 10.1 Å². The van der Waals surface area contributed by atoms with Crippen molar-refractivity contribution in [3.8, 4) is 0 Å². The molecule has 0 aromatic rings. The minimum absolute atomic E-state index is 0.0418. The van der Waals surface area contributed by atoms with E-state index in [9.17, 15) is 9.59 Å². The predicted octanol–water partition coefficient (Wildman–Crippen LogP) is 2.27. The van der Waals surface area contributed by atoms with Crippen molar-refractivity contribution in [3.63, 3.8) is 0 Å². The molecule has 0 spiro atoms. The Labute approximate surface area is 109 Å². The lowest BCUT2D eigenvalue weighted by molar-refractivity contribution is -0.148. The third-order valence-electron chi connectivity index (χ3n) is 3.24. The molecule has 1 saturated carbocycles.